The minimum atomic E-state index is 0.166. The summed E-state index contributed by atoms with van der Waals surface area (Å²) >= 11 is 0. The van der Waals surface area contributed by atoms with Crippen molar-refractivity contribution in [2.75, 3.05) is 51.3 Å². The summed E-state index contributed by atoms with van der Waals surface area (Å²) < 4.78 is 7.49. The quantitative estimate of drug-likeness (QED) is 0.579. The zero-order valence-corrected chi connectivity index (χ0v) is 18.9. The number of piperazine rings is 1. The molecule has 1 amide bonds. The molecule has 4 N–H and O–H groups in total. The van der Waals surface area contributed by atoms with Crippen LogP contribution in [0, 0.1) is 11.8 Å². The van der Waals surface area contributed by atoms with Gasteiger partial charge in [-0.15, -0.1) is 5.10 Å². The Balaban J connectivity index is 1.17. The fourth-order valence-electron chi connectivity index (χ4n) is 5.86. The number of fused-ring (bicyclic) bond motifs is 3. The van der Waals surface area contributed by atoms with E-state index < -0.39 is 0 Å². The Labute approximate surface area is 189 Å². The summed E-state index contributed by atoms with van der Waals surface area (Å²) in [6.45, 7) is 6.95. The maximum atomic E-state index is 13.5. The second-order valence-electron chi connectivity index (χ2n) is 9.37. The van der Waals surface area contributed by atoms with Crippen LogP contribution in [0.5, 0.6) is 5.75 Å². The molecular formula is C23H35N7O2+2. The van der Waals surface area contributed by atoms with Crippen molar-refractivity contribution in [3.05, 3.63) is 36.2 Å². The molecule has 1 aromatic heterocycles. The molecule has 4 atom stereocenters. The number of carbonyl (C=O) groups excluding carboxylic acids is 1. The van der Waals surface area contributed by atoms with Gasteiger partial charge >= 0.3 is 0 Å². The Kier molecular flexibility index (Phi) is 6.01. The van der Waals surface area contributed by atoms with E-state index in [1.54, 1.807) is 12.0 Å². The number of methoxy groups -OCH3 is 1. The molecule has 9 nitrogen and oxygen atoms in total. The second kappa shape index (κ2) is 9.07. The number of hydrogen-bond acceptors (Lipinski definition) is 5. The van der Waals surface area contributed by atoms with Gasteiger partial charge in [0.1, 0.15) is 24.0 Å². The first kappa shape index (κ1) is 21.2. The first-order chi connectivity index (χ1) is 15.7. The van der Waals surface area contributed by atoms with Crippen LogP contribution in [0.25, 0.3) is 0 Å². The molecule has 0 spiro atoms. The van der Waals surface area contributed by atoms with Gasteiger partial charge < -0.3 is 25.2 Å². The highest BCUT2D eigenvalue weighted by atomic mass is 16.5. The smallest absolute Gasteiger partial charge is 0.231 e. The van der Waals surface area contributed by atoms with Crippen molar-refractivity contribution in [3.63, 3.8) is 0 Å². The fraction of sp³-hybridized carbons (Fsp3) is 0.609. The molecule has 1 unspecified atom stereocenters. The molecule has 0 radical (unpaired) electrons. The maximum Gasteiger partial charge on any atom is 0.231 e. The van der Waals surface area contributed by atoms with Gasteiger partial charge in [-0.2, -0.15) is 0 Å². The lowest BCUT2D eigenvalue weighted by Gasteiger charge is -2.47. The number of nitrogens with one attached hydrogen (secondary N) is 1. The molecule has 9 heteroatoms. The molecule has 1 aromatic carbocycles. The molecule has 32 heavy (non-hydrogen) atoms. The minimum absolute atomic E-state index is 0.166. The normalized spacial score (nSPS) is 27.6. The zero-order chi connectivity index (χ0) is 22.1. The highest BCUT2D eigenvalue weighted by Crippen LogP contribution is 2.31. The third-order valence-electron chi connectivity index (χ3n) is 7.64. The summed E-state index contributed by atoms with van der Waals surface area (Å²) in [5.74, 6) is 1.92. The number of rotatable bonds is 6. The largest absolute Gasteiger partial charge is 0.495 e. The lowest BCUT2D eigenvalue weighted by molar-refractivity contribution is -0.945. The second-order valence-corrected chi connectivity index (χ2v) is 9.37. The third-order valence-corrected chi connectivity index (χ3v) is 7.64. The zero-order valence-electron chi connectivity index (χ0n) is 18.9. The number of hydrogen-bond donors (Lipinski definition) is 2. The van der Waals surface area contributed by atoms with Gasteiger partial charge in [0.05, 0.1) is 44.5 Å². The van der Waals surface area contributed by atoms with E-state index in [1.165, 1.54) is 0 Å². The van der Waals surface area contributed by atoms with Crippen LogP contribution in [-0.2, 0) is 17.9 Å². The lowest BCUT2D eigenvalue weighted by atomic mass is 9.75. The molecule has 5 heterocycles. The standard InChI is InChI=1S/C23H33N7O2/c1-32-22-5-3-2-4-21(22)27-8-10-28(11-9-27)23(31)20-16-29-7-6-17(20)12-19(29)15-30-14-18(13-24)25-26-30/h2-5,14,17,19-20H,6-13,15-16,24H2,1H3/p+2/t17-,19-,20+/m1/s1. The average Bonchev–Trinajstić information content (AvgIpc) is 3.31. The first-order valence-corrected chi connectivity index (χ1v) is 11.9. The molecule has 6 rings (SSSR count). The summed E-state index contributed by atoms with van der Waals surface area (Å²) in [5.41, 5.74) is 5.94. The van der Waals surface area contributed by atoms with Crippen molar-refractivity contribution in [2.45, 2.75) is 32.0 Å². The van der Waals surface area contributed by atoms with Gasteiger partial charge in [0, 0.05) is 39.0 Å². The number of nitrogens with zero attached hydrogens (tertiary/aromatic N) is 5. The number of carbonyl (C=O) groups is 1. The van der Waals surface area contributed by atoms with E-state index in [0.29, 0.717) is 24.4 Å². The average molecular weight is 442 g/mol. The molecule has 2 bridgehead atoms. The Morgan fingerprint density at radius 3 is 2.75 bits per heavy atom. The molecule has 172 valence electrons. The molecule has 4 fully saturated rings. The van der Waals surface area contributed by atoms with Gasteiger partial charge in [-0.3, -0.25) is 4.79 Å². The highest BCUT2D eigenvalue weighted by molar-refractivity contribution is 5.80. The van der Waals surface area contributed by atoms with E-state index in [-0.39, 0.29) is 5.92 Å². The number of ether oxygens (including phenoxy) is 1. The highest BCUT2D eigenvalue weighted by Gasteiger charge is 2.48. The van der Waals surface area contributed by atoms with Gasteiger partial charge in [0.25, 0.3) is 0 Å². The Morgan fingerprint density at radius 1 is 1.25 bits per heavy atom. The topological polar surface area (TPSA) is 95.6 Å². The van der Waals surface area contributed by atoms with Crippen LogP contribution in [0.1, 0.15) is 18.5 Å². The number of para-hydroxylation sites is 2. The number of quaternary nitrogens is 2. The predicted octanol–water partition coefficient (Wildman–Crippen LogP) is -1.33. The summed E-state index contributed by atoms with van der Waals surface area (Å²) in [6, 6.07) is 8.66. The SMILES string of the molecule is COc1ccccc1N1CCN(C(=O)[C@H]2C[NH+]3CC[C@@H]2C[C@@H]3Cn2cc(C[NH3+])nn2)CC1. The van der Waals surface area contributed by atoms with E-state index >= 15 is 0 Å². The Bertz CT molecular complexity index is 940. The monoisotopic (exact) mass is 441 g/mol. The summed E-state index contributed by atoms with van der Waals surface area (Å²) in [6.07, 6.45) is 4.27. The van der Waals surface area contributed by atoms with Crippen LogP contribution in [-0.4, -0.2) is 78.2 Å². The van der Waals surface area contributed by atoms with Gasteiger partial charge in [0.2, 0.25) is 5.91 Å². The number of piperidine rings is 3. The molecule has 4 aliphatic rings. The lowest BCUT2D eigenvalue weighted by Crippen LogP contribution is -3.20. The van der Waals surface area contributed by atoms with Crippen LogP contribution in [0.15, 0.2) is 30.5 Å². The third kappa shape index (κ3) is 4.06. The predicted molar refractivity (Wildman–Crippen MR) is 119 cm³/mol. The molecule has 0 saturated carbocycles. The van der Waals surface area contributed by atoms with E-state index in [4.69, 9.17) is 4.74 Å². The van der Waals surface area contributed by atoms with Crippen molar-refractivity contribution in [1.82, 2.24) is 19.9 Å². The number of benzene rings is 1. The van der Waals surface area contributed by atoms with E-state index in [1.807, 2.05) is 29.1 Å². The van der Waals surface area contributed by atoms with Gasteiger partial charge in [0.15, 0.2) is 0 Å². The van der Waals surface area contributed by atoms with E-state index in [2.05, 4.69) is 31.9 Å². The molecule has 2 aromatic rings. The number of anilines is 1. The number of amides is 1. The van der Waals surface area contributed by atoms with E-state index in [9.17, 15) is 4.79 Å². The van der Waals surface area contributed by atoms with Crippen LogP contribution < -0.4 is 20.3 Å². The van der Waals surface area contributed by atoms with Gasteiger partial charge in [-0.05, 0) is 18.1 Å². The first-order valence-electron chi connectivity index (χ1n) is 11.9. The van der Waals surface area contributed by atoms with Crippen LogP contribution >= 0.6 is 0 Å². The summed E-state index contributed by atoms with van der Waals surface area (Å²) in [5, 5.41) is 8.44. The molecular weight excluding hydrogens is 406 g/mol. The van der Waals surface area contributed by atoms with Crippen LogP contribution in [0.4, 0.5) is 5.69 Å². The van der Waals surface area contributed by atoms with Crippen molar-refractivity contribution in [2.24, 2.45) is 11.8 Å². The fourth-order valence-corrected chi connectivity index (χ4v) is 5.86. The van der Waals surface area contributed by atoms with Gasteiger partial charge in [-0.1, -0.05) is 17.3 Å². The van der Waals surface area contributed by atoms with Crippen molar-refractivity contribution < 1.29 is 20.2 Å². The van der Waals surface area contributed by atoms with E-state index in [0.717, 1.165) is 75.8 Å². The summed E-state index contributed by atoms with van der Waals surface area (Å²) in [7, 11) is 1.71. The van der Waals surface area contributed by atoms with Crippen molar-refractivity contribution in [3.8, 4) is 5.75 Å². The molecule has 4 aliphatic heterocycles. The summed E-state index contributed by atoms with van der Waals surface area (Å²) in [4.78, 5) is 19.4. The Hall–Kier alpha value is -2.65. The van der Waals surface area contributed by atoms with Gasteiger partial charge in [-0.25, -0.2) is 4.68 Å². The molecule has 4 saturated heterocycles. The van der Waals surface area contributed by atoms with Crippen LogP contribution in [0.2, 0.25) is 0 Å². The van der Waals surface area contributed by atoms with Crippen LogP contribution in [0.3, 0.4) is 0 Å². The number of aromatic nitrogens is 3. The maximum absolute atomic E-state index is 13.5. The van der Waals surface area contributed by atoms with Crippen molar-refractivity contribution >= 4 is 11.6 Å². The Morgan fingerprint density at radius 2 is 2.06 bits per heavy atom. The molecule has 0 aliphatic carbocycles. The minimum Gasteiger partial charge on any atom is -0.495 e. The van der Waals surface area contributed by atoms with Crippen molar-refractivity contribution in [1.29, 1.82) is 0 Å².